The van der Waals surface area contributed by atoms with E-state index in [2.05, 4.69) is 86.1 Å². The number of hydrogen-bond acceptors (Lipinski definition) is 0. The molecule has 0 N–H and O–H groups in total. The van der Waals surface area contributed by atoms with Crippen LogP contribution in [0.4, 0.5) is 0 Å². The van der Waals surface area contributed by atoms with Crippen molar-refractivity contribution in [1.82, 2.24) is 0 Å². The predicted octanol–water partition coefficient (Wildman–Crippen LogP) is 5.38. The van der Waals surface area contributed by atoms with Gasteiger partial charge in [-0.05, 0) is 48.2 Å². The van der Waals surface area contributed by atoms with E-state index >= 15 is 0 Å². The lowest BCUT2D eigenvalue weighted by Gasteiger charge is -1.98. The van der Waals surface area contributed by atoms with E-state index in [1.165, 1.54) is 17.5 Å². The van der Waals surface area contributed by atoms with Crippen LogP contribution in [0.5, 0.6) is 0 Å². The molecule has 0 nitrogen and oxygen atoms in total. The number of unbranched alkanes of at least 4 members (excludes halogenated alkanes) is 1. The average molecular weight is 300 g/mol. The highest BCUT2D eigenvalue weighted by Crippen LogP contribution is 2.07. The van der Waals surface area contributed by atoms with Crippen molar-refractivity contribution >= 4 is 0 Å². The second-order valence-corrected chi connectivity index (χ2v) is 5.67. The lowest BCUT2D eigenvalue weighted by Crippen LogP contribution is -1.84. The third kappa shape index (κ3) is 6.06. The summed E-state index contributed by atoms with van der Waals surface area (Å²) in [5.41, 5.74) is 4.75. The molecule has 0 heteroatoms. The van der Waals surface area contributed by atoms with Crippen molar-refractivity contribution < 1.29 is 0 Å². The van der Waals surface area contributed by atoms with Crippen LogP contribution in [-0.4, -0.2) is 0 Å². The summed E-state index contributed by atoms with van der Waals surface area (Å²) in [5, 5.41) is 0. The van der Waals surface area contributed by atoms with E-state index in [9.17, 15) is 0 Å². The molecule has 0 saturated carbocycles. The third-order valence-electron chi connectivity index (χ3n) is 3.59. The molecule has 116 valence electrons. The molecule has 0 radical (unpaired) electrons. The van der Waals surface area contributed by atoms with Gasteiger partial charge in [0.2, 0.25) is 0 Å². The molecule has 0 atom stereocenters. The highest BCUT2D eigenvalue weighted by molar-refractivity contribution is 5.44. The molecule has 0 spiro atoms. The zero-order valence-corrected chi connectivity index (χ0v) is 14.2. The van der Waals surface area contributed by atoms with E-state index in [1.54, 1.807) is 0 Å². The van der Waals surface area contributed by atoms with Gasteiger partial charge in [-0.1, -0.05) is 62.3 Å². The molecule has 0 bridgehead atoms. The first-order chi connectivity index (χ1) is 11.3. The van der Waals surface area contributed by atoms with Crippen molar-refractivity contribution in [2.75, 3.05) is 0 Å². The molecule has 0 unspecified atom stereocenters. The van der Waals surface area contributed by atoms with Gasteiger partial charge < -0.3 is 0 Å². The Labute approximate surface area is 141 Å². The van der Waals surface area contributed by atoms with E-state index in [4.69, 9.17) is 0 Å². The zero-order valence-electron chi connectivity index (χ0n) is 14.2. The highest BCUT2D eigenvalue weighted by atomic mass is 14.0. The second-order valence-electron chi connectivity index (χ2n) is 5.67. The first-order valence-electron chi connectivity index (χ1n) is 8.47. The average Bonchev–Trinajstić information content (AvgIpc) is 2.59. The zero-order chi connectivity index (χ0) is 16.3. The normalized spacial score (nSPS) is 9.48. The summed E-state index contributed by atoms with van der Waals surface area (Å²) in [6, 6.07) is 17.0. The summed E-state index contributed by atoms with van der Waals surface area (Å²) in [5.74, 6) is 12.9. The van der Waals surface area contributed by atoms with Crippen LogP contribution in [0, 0.1) is 23.7 Å². The van der Waals surface area contributed by atoms with Gasteiger partial charge in [0.1, 0.15) is 0 Å². The van der Waals surface area contributed by atoms with Crippen LogP contribution in [0.3, 0.4) is 0 Å². The minimum atomic E-state index is 0.826. The van der Waals surface area contributed by atoms with Crippen LogP contribution in [0.15, 0.2) is 48.5 Å². The van der Waals surface area contributed by atoms with Gasteiger partial charge in [0, 0.05) is 24.0 Å². The molecule has 2 rings (SSSR count). The van der Waals surface area contributed by atoms with Gasteiger partial charge in [0.25, 0.3) is 0 Å². The maximum atomic E-state index is 3.23. The van der Waals surface area contributed by atoms with Crippen molar-refractivity contribution in [3.8, 4) is 23.7 Å². The van der Waals surface area contributed by atoms with Crippen molar-refractivity contribution in [3.63, 3.8) is 0 Å². The van der Waals surface area contributed by atoms with Crippen molar-refractivity contribution in [2.45, 2.75) is 46.0 Å². The van der Waals surface area contributed by atoms with Crippen LogP contribution in [-0.2, 0) is 12.8 Å². The molecule has 2 aromatic carbocycles. The fraction of sp³-hybridized carbons (Fsp3) is 0.304. The van der Waals surface area contributed by atoms with Crippen molar-refractivity contribution in [1.29, 1.82) is 0 Å². The van der Waals surface area contributed by atoms with Crippen LogP contribution >= 0.6 is 0 Å². The Morgan fingerprint density at radius 3 is 1.74 bits per heavy atom. The molecule has 0 amide bonds. The van der Waals surface area contributed by atoms with Gasteiger partial charge >= 0.3 is 0 Å². The predicted molar refractivity (Wildman–Crippen MR) is 99.2 cm³/mol. The Kier molecular flexibility index (Phi) is 7.03. The van der Waals surface area contributed by atoms with E-state index in [1.807, 2.05) is 0 Å². The van der Waals surface area contributed by atoms with E-state index < -0.39 is 0 Å². The largest absolute Gasteiger partial charge is 0.103 e. The van der Waals surface area contributed by atoms with E-state index in [0.717, 1.165) is 36.8 Å². The van der Waals surface area contributed by atoms with Gasteiger partial charge in [-0.25, -0.2) is 0 Å². The third-order valence-corrected chi connectivity index (χ3v) is 3.59. The number of hydrogen-bond donors (Lipinski definition) is 0. The molecule has 0 aromatic heterocycles. The topological polar surface area (TPSA) is 0 Å². The Morgan fingerprint density at radius 2 is 1.22 bits per heavy atom. The van der Waals surface area contributed by atoms with Crippen molar-refractivity contribution in [2.24, 2.45) is 0 Å². The smallest absolute Gasteiger partial charge is 0.0340 e. The molecule has 0 saturated heterocycles. The monoisotopic (exact) mass is 300 g/mol. The van der Waals surface area contributed by atoms with Gasteiger partial charge in [0.05, 0.1) is 0 Å². The van der Waals surface area contributed by atoms with Gasteiger partial charge in [0.15, 0.2) is 0 Å². The number of rotatable bonds is 4. The van der Waals surface area contributed by atoms with E-state index in [0.29, 0.717) is 0 Å². The summed E-state index contributed by atoms with van der Waals surface area (Å²) in [6.45, 7) is 4.35. The molecule has 0 aliphatic carbocycles. The van der Waals surface area contributed by atoms with Gasteiger partial charge in [-0.15, -0.1) is 5.92 Å². The Morgan fingerprint density at radius 1 is 0.652 bits per heavy atom. The Hall–Kier alpha value is -2.44. The maximum Gasteiger partial charge on any atom is 0.0340 e. The number of aryl methyl sites for hydroxylation is 1. The number of benzene rings is 2. The van der Waals surface area contributed by atoms with Crippen LogP contribution in [0.2, 0.25) is 0 Å². The van der Waals surface area contributed by atoms with Crippen LogP contribution in [0.1, 0.15) is 55.4 Å². The van der Waals surface area contributed by atoms with Crippen LogP contribution in [0.25, 0.3) is 0 Å². The first-order valence-corrected chi connectivity index (χ1v) is 8.47. The van der Waals surface area contributed by atoms with Crippen molar-refractivity contribution in [3.05, 3.63) is 70.8 Å². The molecule has 23 heavy (non-hydrogen) atoms. The first kappa shape index (κ1) is 16.9. The fourth-order valence-corrected chi connectivity index (χ4v) is 2.27. The molecule has 0 heterocycles. The Bertz CT molecular complexity index is 710. The highest BCUT2D eigenvalue weighted by Gasteiger charge is 1.93. The molecule has 2 aromatic rings. The quantitative estimate of drug-likeness (QED) is 0.665. The summed E-state index contributed by atoms with van der Waals surface area (Å²) in [4.78, 5) is 0. The van der Waals surface area contributed by atoms with Gasteiger partial charge in [-0.2, -0.15) is 0 Å². The molecule has 0 aliphatic rings. The second kappa shape index (κ2) is 9.55. The fourth-order valence-electron chi connectivity index (χ4n) is 2.27. The lowest BCUT2D eigenvalue weighted by atomic mass is 10.1. The van der Waals surface area contributed by atoms with Crippen LogP contribution < -0.4 is 0 Å². The minimum Gasteiger partial charge on any atom is -0.103 e. The van der Waals surface area contributed by atoms with Gasteiger partial charge in [-0.3, -0.25) is 0 Å². The standard InChI is InChI=1S/C23H24/c1-3-5-6-7-9-21-12-16-23(17-13-21)19-18-22-14-10-20(8-4-2)11-15-22/h10-17H,3-5,8-9H2,1-2H3. The molecular weight excluding hydrogens is 276 g/mol. The molecule has 0 fully saturated rings. The minimum absolute atomic E-state index is 0.826. The maximum absolute atomic E-state index is 3.23. The Balaban J connectivity index is 1.97. The summed E-state index contributed by atoms with van der Waals surface area (Å²) in [7, 11) is 0. The summed E-state index contributed by atoms with van der Waals surface area (Å²) in [6.07, 6.45) is 5.25. The van der Waals surface area contributed by atoms with E-state index in [-0.39, 0.29) is 0 Å². The summed E-state index contributed by atoms with van der Waals surface area (Å²) < 4.78 is 0. The summed E-state index contributed by atoms with van der Waals surface area (Å²) >= 11 is 0. The SMILES string of the molecule is CCCC#CCc1ccc(C#Cc2ccc(CCC)cc2)cc1. The molecular formula is C23H24. The lowest BCUT2D eigenvalue weighted by molar-refractivity contribution is 0.922. The molecule has 0 aliphatic heterocycles.